The molecule has 9 heteroatoms. The van der Waals surface area contributed by atoms with Gasteiger partial charge in [0.2, 0.25) is 5.91 Å². The van der Waals surface area contributed by atoms with Crippen LogP contribution < -0.4 is 5.32 Å². The molecule has 2 heterocycles. The summed E-state index contributed by atoms with van der Waals surface area (Å²) in [7, 11) is 7.63. The van der Waals surface area contributed by atoms with E-state index in [9.17, 15) is 4.79 Å². The number of allylic oxidation sites excluding steroid dienone is 8. The van der Waals surface area contributed by atoms with Gasteiger partial charge in [-0.15, -0.1) is 0 Å². The predicted octanol–water partition coefficient (Wildman–Crippen LogP) is 17.1. The minimum absolute atomic E-state index is 0.0831. The largest absolute Gasteiger partial charge is 0.381 e. The van der Waals surface area contributed by atoms with Crippen LogP contribution in [0.15, 0.2) is 78.0 Å². The first-order valence-electron chi connectivity index (χ1n) is 28.1. The first-order valence-corrected chi connectivity index (χ1v) is 30.4. The van der Waals surface area contributed by atoms with Crippen molar-refractivity contribution < 1.29 is 19.0 Å². The van der Waals surface area contributed by atoms with E-state index in [0.29, 0.717) is 13.0 Å². The van der Waals surface area contributed by atoms with Gasteiger partial charge in [0.25, 0.3) is 0 Å². The highest BCUT2D eigenvalue weighted by atomic mass is 33.1. The fourth-order valence-electron chi connectivity index (χ4n) is 8.67. The van der Waals surface area contributed by atoms with Gasteiger partial charge in [0.15, 0.2) is 5.79 Å². The number of hydrogen-bond acceptors (Lipinski definition) is 8. The molecule has 0 aliphatic carbocycles. The fraction of sp³-hybridized carbons (Fsp3) is 0.763. The zero-order chi connectivity index (χ0) is 48.7. The average molecular weight is 983 g/mol. The highest BCUT2D eigenvalue weighted by Gasteiger charge is 2.46. The number of aromatic nitrogens is 1. The lowest BCUT2D eigenvalue weighted by molar-refractivity contribution is -0.188. The third-order valence-electron chi connectivity index (χ3n) is 12.8. The van der Waals surface area contributed by atoms with Crippen molar-refractivity contribution in [2.24, 2.45) is 0 Å². The number of nitrogens with zero attached hydrogens (tertiary/aromatic N) is 2. The van der Waals surface area contributed by atoms with E-state index in [2.05, 4.69) is 91.8 Å². The van der Waals surface area contributed by atoms with E-state index in [1.807, 2.05) is 18.2 Å². The fourth-order valence-corrected chi connectivity index (χ4v) is 10.5. The van der Waals surface area contributed by atoms with Gasteiger partial charge in [0.1, 0.15) is 5.03 Å². The molecule has 1 aliphatic heterocycles. The van der Waals surface area contributed by atoms with Gasteiger partial charge >= 0.3 is 0 Å². The van der Waals surface area contributed by atoms with Crippen LogP contribution in [0.4, 0.5) is 0 Å². The number of nitrogens with one attached hydrogen (secondary N) is 1. The number of pyridine rings is 1. The Morgan fingerprint density at radius 3 is 1.71 bits per heavy atom. The third-order valence-corrected chi connectivity index (χ3v) is 15.1. The van der Waals surface area contributed by atoms with Gasteiger partial charge in [0, 0.05) is 57.5 Å². The standard InChI is InChI=1S/C59H103N3O4S2/c1-5-7-9-11-13-15-17-19-21-23-25-27-29-31-33-38-47-59(48-39-34-32-30-28-26-24-22-20-18-16-14-12-10-8-6-2)65-55(44-51-62(3)4)56(66-59)45-53-64-52-42-36-35-40-49-60-57(63)46-54-67-68-58-43-37-41-50-61-58/h13-16,19-22,37,41,43,50,55-56H,5-12,17-18,23-36,38-40,42,44-49,51-54H2,1-4H3,(H,60,63). The number of unbranched alkanes of at least 4 members (excludes halogenated alkanes) is 21. The van der Waals surface area contributed by atoms with E-state index in [1.54, 1.807) is 27.8 Å². The molecule has 1 aromatic rings. The first kappa shape index (κ1) is 62.2. The molecule has 1 aromatic heterocycles. The van der Waals surface area contributed by atoms with Crippen molar-refractivity contribution in [3.05, 3.63) is 73.0 Å². The first-order chi connectivity index (χ1) is 33.5. The van der Waals surface area contributed by atoms with Crippen LogP contribution in [-0.2, 0) is 19.0 Å². The molecule has 68 heavy (non-hydrogen) atoms. The van der Waals surface area contributed by atoms with Crippen LogP contribution >= 0.6 is 21.6 Å². The van der Waals surface area contributed by atoms with Gasteiger partial charge < -0.3 is 24.4 Å². The summed E-state index contributed by atoms with van der Waals surface area (Å²) in [5.41, 5.74) is 0. The summed E-state index contributed by atoms with van der Waals surface area (Å²) in [4.78, 5) is 18.8. The lowest BCUT2D eigenvalue weighted by Gasteiger charge is -2.29. The normalized spacial score (nSPS) is 17.7. The van der Waals surface area contributed by atoms with Crippen LogP contribution in [0.5, 0.6) is 0 Å². The Morgan fingerprint density at radius 1 is 0.647 bits per heavy atom. The zero-order valence-electron chi connectivity index (χ0n) is 44.3. The Hall–Kier alpha value is -1.88. The van der Waals surface area contributed by atoms with E-state index in [0.717, 1.165) is 94.7 Å². The zero-order valence-corrected chi connectivity index (χ0v) is 45.9. The van der Waals surface area contributed by atoms with Gasteiger partial charge in [0.05, 0.1) is 12.2 Å². The molecule has 1 amide bonds. The molecule has 2 unspecified atom stereocenters. The molecule has 0 spiro atoms. The maximum Gasteiger partial charge on any atom is 0.220 e. The summed E-state index contributed by atoms with van der Waals surface area (Å²) >= 11 is 0. The molecule has 0 radical (unpaired) electrons. The number of ether oxygens (including phenoxy) is 3. The van der Waals surface area contributed by atoms with Crippen LogP contribution in [0.25, 0.3) is 0 Å². The van der Waals surface area contributed by atoms with Crippen molar-refractivity contribution >= 4 is 27.5 Å². The quantitative estimate of drug-likeness (QED) is 0.0393. The Morgan fingerprint density at radius 2 is 1.16 bits per heavy atom. The molecule has 0 saturated carbocycles. The number of amides is 1. The summed E-state index contributed by atoms with van der Waals surface area (Å²) in [6.45, 7) is 7.78. The molecule has 0 aromatic carbocycles. The van der Waals surface area contributed by atoms with E-state index >= 15 is 0 Å². The minimum Gasteiger partial charge on any atom is -0.381 e. The third kappa shape index (κ3) is 37.0. The number of carbonyl (C=O) groups is 1. The number of hydrogen-bond donors (Lipinski definition) is 1. The Balaban J connectivity index is 1.73. The smallest absolute Gasteiger partial charge is 0.220 e. The Kier molecular flexibility index (Phi) is 42.3. The number of rotatable bonds is 48. The van der Waals surface area contributed by atoms with Gasteiger partial charge in [-0.3, -0.25) is 4.79 Å². The molecular weight excluding hydrogens is 879 g/mol. The lowest BCUT2D eigenvalue weighted by Crippen LogP contribution is -2.31. The molecule has 2 rings (SSSR count). The maximum absolute atomic E-state index is 12.3. The molecule has 0 bridgehead atoms. The Labute approximate surface area is 427 Å². The topological polar surface area (TPSA) is 72.9 Å². The second kappa shape index (κ2) is 46.2. The van der Waals surface area contributed by atoms with Crippen molar-refractivity contribution in [2.45, 2.75) is 249 Å². The summed E-state index contributed by atoms with van der Waals surface area (Å²) in [6, 6.07) is 5.90. The van der Waals surface area contributed by atoms with E-state index in [4.69, 9.17) is 14.2 Å². The summed E-state index contributed by atoms with van der Waals surface area (Å²) in [5, 5.41) is 4.07. The second-order valence-electron chi connectivity index (χ2n) is 19.5. The van der Waals surface area contributed by atoms with E-state index in [1.165, 1.54) is 141 Å². The monoisotopic (exact) mass is 982 g/mol. The van der Waals surface area contributed by atoms with Crippen molar-refractivity contribution in [3.8, 4) is 0 Å². The van der Waals surface area contributed by atoms with Crippen LogP contribution in [0.1, 0.15) is 226 Å². The van der Waals surface area contributed by atoms with Crippen LogP contribution in [0, 0.1) is 0 Å². The Bertz CT molecular complexity index is 1340. The van der Waals surface area contributed by atoms with Crippen molar-refractivity contribution in [3.63, 3.8) is 0 Å². The van der Waals surface area contributed by atoms with Gasteiger partial charge in [-0.25, -0.2) is 4.98 Å². The SMILES string of the molecule is CCCCCC=CCC=CCCCCCCCCC1(CCCCCCCCC=CCC=CCCCCC)OC(CCOCCCCCCNC(=O)CCSSc2ccccn2)C(CCN(C)C)O1. The summed E-state index contributed by atoms with van der Waals surface area (Å²) in [6.07, 6.45) is 59.8. The molecule has 2 atom stereocenters. The lowest BCUT2D eigenvalue weighted by atomic mass is 9.98. The van der Waals surface area contributed by atoms with Crippen molar-refractivity contribution in [1.82, 2.24) is 15.2 Å². The predicted molar refractivity (Wildman–Crippen MR) is 298 cm³/mol. The maximum atomic E-state index is 12.3. The number of carbonyl (C=O) groups excluding carboxylic acids is 1. The van der Waals surface area contributed by atoms with E-state index < -0.39 is 5.79 Å². The highest BCUT2D eigenvalue weighted by Crippen LogP contribution is 2.40. The molecule has 1 aliphatic rings. The van der Waals surface area contributed by atoms with Crippen LogP contribution in [0.2, 0.25) is 0 Å². The minimum atomic E-state index is -0.459. The highest BCUT2D eigenvalue weighted by molar-refractivity contribution is 8.76. The average Bonchev–Trinajstić information content (AvgIpc) is 3.69. The molecule has 1 fully saturated rings. The van der Waals surface area contributed by atoms with Gasteiger partial charge in [-0.2, -0.15) is 0 Å². The summed E-state index contributed by atoms with van der Waals surface area (Å²) in [5.74, 6) is 0.461. The molecular formula is C59H103N3O4S2. The van der Waals surface area contributed by atoms with E-state index in [-0.39, 0.29) is 18.1 Å². The van der Waals surface area contributed by atoms with Gasteiger partial charge in [-0.05, 0) is 140 Å². The van der Waals surface area contributed by atoms with Crippen LogP contribution in [0.3, 0.4) is 0 Å². The molecule has 390 valence electrons. The van der Waals surface area contributed by atoms with Crippen molar-refractivity contribution in [2.75, 3.05) is 46.2 Å². The van der Waals surface area contributed by atoms with Crippen molar-refractivity contribution in [1.29, 1.82) is 0 Å². The second-order valence-corrected chi connectivity index (χ2v) is 21.9. The van der Waals surface area contributed by atoms with Crippen LogP contribution in [-0.4, -0.2) is 79.9 Å². The molecule has 7 nitrogen and oxygen atoms in total. The molecule has 1 N–H and O–H groups in total. The summed E-state index contributed by atoms with van der Waals surface area (Å²) < 4.78 is 20.4. The molecule has 1 saturated heterocycles. The van der Waals surface area contributed by atoms with Gasteiger partial charge in [-0.1, -0.05) is 169 Å².